The van der Waals surface area contributed by atoms with E-state index in [-0.39, 0.29) is 12.4 Å². The molecule has 17 heavy (non-hydrogen) atoms. The summed E-state index contributed by atoms with van der Waals surface area (Å²) in [5, 5.41) is 30.0. The Kier molecular flexibility index (Phi) is 5.57. The third kappa shape index (κ3) is 4.08. The van der Waals surface area contributed by atoms with Crippen LogP contribution in [-0.2, 0) is 0 Å². The Morgan fingerprint density at radius 2 is 2.24 bits per heavy atom. The number of aliphatic hydroxyl groups is 2. The minimum Gasteiger partial charge on any atom is -0.409 e. The van der Waals surface area contributed by atoms with E-state index in [4.69, 9.17) is 27.6 Å². The van der Waals surface area contributed by atoms with Gasteiger partial charge in [0.25, 0.3) is 0 Å². The van der Waals surface area contributed by atoms with Gasteiger partial charge in [-0.15, -0.1) is 11.8 Å². The summed E-state index contributed by atoms with van der Waals surface area (Å²) >= 11 is 7.11. The zero-order valence-corrected chi connectivity index (χ0v) is 10.4. The summed E-state index contributed by atoms with van der Waals surface area (Å²) in [7, 11) is 0. The zero-order chi connectivity index (χ0) is 12.8. The molecule has 0 radical (unpaired) electrons. The molecule has 1 aromatic rings. The molecule has 0 aliphatic carbocycles. The Morgan fingerprint density at radius 3 is 2.82 bits per heavy atom. The number of benzene rings is 1. The summed E-state index contributed by atoms with van der Waals surface area (Å²) in [5.74, 6) is 0.262. The van der Waals surface area contributed by atoms with E-state index < -0.39 is 6.10 Å². The maximum Gasteiger partial charge on any atom is 0.171 e. The van der Waals surface area contributed by atoms with Crippen LogP contribution in [0.4, 0.5) is 0 Å². The highest BCUT2D eigenvalue weighted by Gasteiger charge is 2.10. The molecule has 0 spiro atoms. The Morgan fingerprint density at radius 1 is 1.53 bits per heavy atom. The second-order valence-electron chi connectivity index (χ2n) is 3.27. The Labute approximate surface area is 108 Å². The molecule has 0 bridgehead atoms. The van der Waals surface area contributed by atoms with Crippen molar-refractivity contribution in [3.8, 4) is 0 Å². The molecule has 0 saturated heterocycles. The lowest BCUT2D eigenvalue weighted by Crippen LogP contribution is -2.17. The number of nitrogens with zero attached hydrogens (tertiary/aromatic N) is 1. The lowest BCUT2D eigenvalue weighted by molar-refractivity contribution is 0.113. The van der Waals surface area contributed by atoms with Crippen molar-refractivity contribution in [1.82, 2.24) is 0 Å². The molecule has 1 aromatic carbocycles. The molecule has 1 rings (SSSR count). The molecule has 94 valence electrons. The number of hydrogen-bond donors (Lipinski definition) is 4. The molecule has 1 atom stereocenters. The molecule has 5 nitrogen and oxygen atoms in total. The molecule has 0 saturated carbocycles. The van der Waals surface area contributed by atoms with E-state index in [0.29, 0.717) is 16.3 Å². The fourth-order valence-corrected chi connectivity index (χ4v) is 2.25. The van der Waals surface area contributed by atoms with Crippen LogP contribution < -0.4 is 5.73 Å². The Hall–Kier alpha value is -0.950. The highest BCUT2D eigenvalue weighted by atomic mass is 35.5. The predicted molar refractivity (Wildman–Crippen MR) is 67.8 cm³/mol. The molecule has 5 N–H and O–H groups in total. The SMILES string of the molecule is NC(=NO)c1cc(Cl)ccc1SCC(O)CO. The van der Waals surface area contributed by atoms with Gasteiger partial charge < -0.3 is 21.2 Å². The van der Waals surface area contributed by atoms with Crippen LogP contribution in [0.2, 0.25) is 5.02 Å². The number of rotatable bonds is 5. The lowest BCUT2D eigenvalue weighted by atomic mass is 10.2. The van der Waals surface area contributed by atoms with Gasteiger partial charge in [0.15, 0.2) is 5.84 Å². The van der Waals surface area contributed by atoms with Gasteiger partial charge in [0.2, 0.25) is 0 Å². The van der Waals surface area contributed by atoms with Crippen LogP contribution in [0.15, 0.2) is 28.3 Å². The fourth-order valence-electron chi connectivity index (χ4n) is 1.12. The highest BCUT2D eigenvalue weighted by Crippen LogP contribution is 2.26. The van der Waals surface area contributed by atoms with Gasteiger partial charge in [0, 0.05) is 21.2 Å². The van der Waals surface area contributed by atoms with Gasteiger partial charge in [-0.2, -0.15) is 0 Å². The van der Waals surface area contributed by atoms with Gasteiger partial charge in [-0.1, -0.05) is 16.8 Å². The van der Waals surface area contributed by atoms with E-state index in [1.165, 1.54) is 11.8 Å². The topological polar surface area (TPSA) is 99.1 Å². The molecule has 0 heterocycles. The highest BCUT2D eigenvalue weighted by molar-refractivity contribution is 7.99. The second kappa shape index (κ2) is 6.70. The summed E-state index contributed by atoms with van der Waals surface area (Å²) in [6.07, 6.45) is -0.809. The van der Waals surface area contributed by atoms with E-state index in [0.717, 1.165) is 4.90 Å². The van der Waals surface area contributed by atoms with Crippen LogP contribution in [0.3, 0.4) is 0 Å². The number of nitrogens with two attached hydrogens (primary N) is 1. The van der Waals surface area contributed by atoms with Gasteiger partial charge >= 0.3 is 0 Å². The number of thioether (sulfide) groups is 1. The molecular weight excluding hydrogens is 264 g/mol. The van der Waals surface area contributed by atoms with Crippen molar-refractivity contribution >= 4 is 29.2 Å². The monoisotopic (exact) mass is 276 g/mol. The van der Waals surface area contributed by atoms with E-state index in [2.05, 4.69) is 5.16 Å². The predicted octanol–water partition coefficient (Wildman–Crippen LogP) is 0.880. The first-order valence-corrected chi connectivity index (χ1v) is 6.14. The van der Waals surface area contributed by atoms with Crippen molar-refractivity contribution in [2.75, 3.05) is 12.4 Å². The van der Waals surface area contributed by atoms with Crippen molar-refractivity contribution < 1.29 is 15.4 Å². The van der Waals surface area contributed by atoms with Crippen molar-refractivity contribution in [1.29, 1.82) is 0 Å². The first kappa shape index (κ1) is 14.1. The molecule has 7 heteroatoms. The molecule has 0 aromatic heterocycles. The van der Waals surface area contributed by atoms with Gasteiger partial charge in [0.1, 0.15) is 0 Å². The number of halogens is 1. The average Bonchev–Trinajstić information content (AvgIpc) is 2.35. The maximum absolute atomic E-state index is 9.25. The largest absolute Gasteiger partial charge is 0.409 e. The molecule has 0 amide bonds. The quantitative estimate of drug-likeness (QED) is 0.210. The standard InChI is InChI=1S/C10H13ClN2O3S/c11-6-1-2-9(17-5-7(15)4-14)8(3-6)10(12)13-16/h1-3,7,14-16H,4-5H2,(H2,12,13). The van der Waals surface area contributed by atoms with Crippen molar-refractivity contribution in [3.05, 3.63) is 28.8 Å². The van der Waals surface area contributed by atoms with Crippen molar-refractivity contribution in [3.63, 3.8) is 0 Å². The maximum atomic E-state index is 9.25. The Bertz CT molecular complexity index is 415. The average molecular weight is 277 g/mol. The molecule has 1 unspecified atom stereocenters. The lowest BCUT2D eigenvalue weighted by Gasteiger charge is -2.10. The first-order valence-electron chi connectivity index (χ1n) is 4.77. The van der Waals surface area contributed by atoms with Crippen molar-refractivity contribution in [2.45, 2.75) is 11.0 Å². The van der Waals surface area contributed by atoms with Gasteiger partial charge in [0.05, 0.1) is 12.7 Å². The molecular formula is C10H13ClN2O3S. The van der Waals surface area contributed by atoms with E-state index >= 15 is 0 Å². The number of hydrogen-bond acceptors (Lipinski definition) is 5. The molecule has 0 fully saturated rings. The summed E-state index contributed by atoms with van der Waals surface area (Å²) in [5.41, 5.74) is 6.01. The Balaban J connectivity index is 2.91. The van der Waals surface area contributed by atoms with Crippen molar-refractivity contribution in [2.24, 2.45) is 10.9 Å². The number of amidine groups is 1. The summed E-state index contributed by atoms with van der Waals surface area (Å²) in [6, 6.07) is 4.96. The van der Waals surface area contributed by atoms with Crippen LogP contribution in [0.25, 0.3) is 0 Å². The van der Waals surface area contributed by atoms with E-state index in [1.54, 1.807) is 18.2 Å². The van der Waals surface area contributed by atoms with Crippen LogP contribution in [-0.4, -0.2) is 39.7 Å². The van der Waals surface area contributed by atoms with Gasteiger partial charge in [-0.05, 0) is 18.2 Å². The third-order valence-corrected chi connectivity index (χ3v) is 3.42. The number of oxime groups is 1. The van der Waals surface area contributed by atoms with Crippen LogP contribution in [0.5, 0.6) is 0 Å². The summed E-state index contributed by atoms with van der Waals surface area (Å²) in [4.78, 5) is 0.720. The van der Waals surface area contributed by atoms with E-state index in [1.807, 2.05) is 0 Å². The zero-order valence-electron chi connectivity index (χ0n) is 8.88. The third-order valence-electron chi connectivity index (χ3n) is 1.97. The fraction of sp³-hybridized carbons (Fsp3) is 0.300. The van der Waals surface area contributed by atoms with Gasteiger partial charge in [-0.25, -0.2) is 0 Å². The second-order valence-corrected chi connectivity index (χ2v) is 4.77. The van der Waals surface area contributed by atoms with Crippen LogP contribution >= 0.6 is 23.4 Å². The van der Waals surface area contributed by atoms with Crippen LogP contribution in [0, 0.1) is 0 Å². The van der Waals surface area contributed by atoms with Gasteiger partial charge in [-0.3, -0.25) is 0 Å². The van der Waals surface area contributed by atoms with E-state index in [9.17, 15) is 5.11 Å². The summed E-state index contributed by atoms with van der Waals surface area (Å²) in [6.45, 7) is -0.306. The minimum atomic E-state index is -0.809. The first-order chi connectivity index (χ1) is 8.08. The molecule has 0 aliphatic rings. The minimum absolute atomic E-state index is 0.0477. The summed E-state index contributed by atoms with van der Waals surface area (Å²) < 4.78 is 0. The smallest absolute Gasteiger partial charge is 0.171 e. The number of aliphatic hydroxyl groups excluding tert-OH is 2. The van der Waals surface area contributed by atoms with Crippen LogP contribution in [0.1, 0.15) is 5.56 Å². The normalized spacial score (nSPS) is 13.7. The molecule has 0 aliphatic heterocycles.